The zero-order chi connectivity index (χ0) is 19.6. The second kappa shape index (κ2) is 7.36. The minimum atomic E-state index is -4.58. The highest BCUT2D eigenvalue weighted by Crippen LogP contribution is 2.29. The lowest BCUT2D eigenvalue weighted by molar-refractivity contribution is -0.141. The van der Waals surface area contributed by atoms with Crippen molar-refractivity contribution in [3.05, 3.63) is 76.8 Å². The Hall–Kier alpha value is -2.93. The molecular weight excluding hydrogens is 379 g/mol. The largest absolute Gasteiger partial charge is 0.433 e. The summed E-state index contributed by atoms with van der Waals surface area (Å²) in [6, 6.07) is 10.5. The second-order valence-electron chi connectivity index (χ2n) is 5.78. The van der Waals surface area contributed by atoms with Crippen LogP contribution in [0.3, 0.4) is 0 Å². The summed E-state index contributed by atoms with van der Waals surface area (Å²) in [5.74, 6) is -0.532. The molecule has 0 unspecified atom stereocenters. The van der Waals surface area contributed by atoms with E-state index in [9.17, 15) is 18.0 Å². The van der Waals surface area contributed by atoms with Crippen molar-refractivity contribution in [2.75, 3.05) is 5.32 Å². The monoisotopic (exact) mass is 391 g/mol. The maximum Gasteiger partial charge on any atom is 0.433 e. The van der Waals surface area contributed by atoms with Crippen molar-refractivity contribution in [2.45, 2.75) is 13.1 Å². The van der Waals surface area contributed by atoms with E-state index in [1.807, 2.05) is 6.92 Å². The average molecular weight is 392 g/mol. The summed E-state index contributed by atoms with van der Waals surface area (Å²) >= 11 is 5.92. The molecule has 138 valence electrons. The number of nitrogens with zero attached hydrogens (tertiary/aromatic N) is 2. The molecule has 27 heavy (non-hydrogen) atoms. The van der Waals surface area contributed by atoms with Crippen molar-refractivity contribution in [1.29, 1.82) is 0 Å². The Kier molecular flexibility index (Phi) is 5.14. The molecule has 3 aromatic rings. The Labute approximate surface area is 158 Å². The molecule has 0 aliphatic heterocycles. The van der Waals surface area contributed by atoms with Crippen LogP contribution in [0, 0.1) is 6.92 Å². The van der Waals surface area contributed by atoms with Crippen molar-refractivity contribution >= 4 is 23.2 Å². The minimum absolute atomic E-state index is 0.0106. The van der Waals surface area contributed by atoms with Gasteiger partial charge in [-0.2, -0.15) is 13.2 Å². The van der Waals surface area contributed by atoms with Crippen LogP contribution >= 0.6 is 11.6 Å². The van der Waals surface area contributed by atoms with E-state index >= 15 is 0 Å². The van der Waals surface area contributed by atoms with Gasteiger partial charge in [0.05, 0.1) is 0 Å². The molecule has 8 heteroatoms. The Bertz CT molecular complexity index is 1010. The molecule has 0 aliphatic carbocycles. The molecule has 0 radical (unpaired) electrons. The SMILES string of the molecule is Cc1ccc(C(=O)Nc2ccnc(C(F)(F)F)c2)cc1-c1ccnc(Cl)c1. The van der Waals surface area contributed by atoms with Crippen molar-refractivity contribution < 1.29 is 18.0 Å². The van der Waals surface area contributed by atoms with Crippen LogP contribution in [0.5, 0.6) is 0 Å². The van der Waals surface area contributed by atoms with E-state index in [-0.39, 0.29) is 5.69 Å². The third-order valence-corrected chi connectivity index (χ3v) is 4.05. The first-order chi connectivity index (χ1) is 12.7. The van der Waals surface area contributed by atoms with Gasteiger partial charge in [-0.05, 0) is 60.0 Å². The quantitative estimate of drug-likeness (QED) is 0.610. The maximum atomic E-state index is 12.8. The average Bonchev–Trinajstić information content (AvgIpc) is 2.61. The fourth-order valence-corrected chi connectivity index (χ4v) is 2.68. The van der Waals surface area contributed by atoms with Gasteiger partial charge in [-0.15, -0.1) is 0 Å². The molecule has 2 heterocycles. The number of hydrogen-bond acceptors (Lipinski definition) is 3. The molecule has 0 fully saturated rings. The van der Waals surface area contributed by atoms with Gasteiger partial charge in [-0.1, -0.05) is 17.7 Å². The van der Waals surface area contributed by atoms with Crippen LogP contribution in [0.2, 0.25) is 5.15 Å². The topological polar surface area (TPSA) is 54.9 Å². The summed E-state index contributed by atoms with van der Waals surface area (Å²) in [7, 11) is 0. The molecule has 0 aliphatic rings. The summed E-state index contributed by atoms with van der Waals surface area (Å²) in [6.07, 6.45) is -2.03. The minimum Gasteiger partial charge on any atom is -0.322 e. The fraction of sp³-hybridized carbons (Fsp3) is 0.105. The number of anilines is 1. The number of aromatic nitrogens is 2. The Morgan fingerprint density at radius 3 is 2.48 bits per heavy atom. The molecule has 1 aromatic carbocycles. The van der Waals surface area contributed by atoms with Gasteiger partial charge in [0.2, 0.25) is 0 Å². The van der Waals surface area contributed by atoms with Crippen LogP contribution in [-0.4, -0.2) is 15.9 Å². The van der Waals surface area contributed by atoms with Crippen molar-refractivity contribution in [2.24, 2.45) is 0 Å². The Morgan fingerprint density at radius 1 is 1.04 bits per heavy atom. The summed E-state index contributed by atoms with van der Waals surface area (Å²) in [5, 5.41) is 2.78. The van der Waals surface area contributed by atoms with Crippen LogP contribution in [-0.2, 0) is 6.18 Å². The van der Waals surface area contributed by atoms with Crippen molar-refractivity contribution in [1.82, 2.24) is 9.97 Å². The molecule has 2 aromatic heterocycles. The molecule has 3 rings (SSSR count). The normalized spacial score (nSPS) is 11.3. The number of aryl methyl sites for hydroxylation is 1. The molecule has 0 bridgehead atoms. The summed E-state index contributed by atoms with van der Waals surface area (Å²) in [4.78, 5) is 19.7. The van der Waals surface area contributed by atoms with Crippen LogP contribution < -0.4 is 5.32 Å². The van der Waals surface area contributed by atoms with E-state index in [1.54, 1.807) is 36.5 Å². The van der Waals surface area contributed by atoms with Gasteiger partial charge in [0.25, 0.3) is 5.91 Å². The standard InChI is InChI=1S/C19H13ClF3N3O/c1-11-2-3-13(8-15(11)12-4-6-25-17(20)9-12)18(27)26-14-5-7-24-16(10-14)19(21,22)23/h2-10H,1H3,(H,24,26,27). The van der Waals surface area contributed by atoms with E-state index in [0.29, 0.717) is 10.7 Å². The molecular formula is C19H13ClF3N3O. The summed E-state index contributed by atoms with van der Waals surface area (Å²) in [6.45, 7) is 1.88. The second-order valence-corrected chi connectivity index (χ2v) is 6.17. The summed E-state index contributed by atoms with van der Waals surface area (Å²) in [5.41, 5.74) is 1.71. The maximum absolute atomic E-state index is 12.8. The number of rotatable bonds is 3. The zero-order valence-electron chi connectivity index (χ0n) is 14.0. The lowest BCUT2D eigenvalue weighted by Gasteiger charge is -2.11. The molecule has 4 nitrogen and oxygen atoms in total. The van der Waals surface area contributed by atoms with E-state index in [2.05, 4.69) is 15.3 Å². The number of halogens is 4. The van der Waals surface area contributed by atoms with E-state index in [0.717, 1.165) is 29.0 Å². The highest BCUT2D eigenvalue weighted by atomic mass is 35.5. The Balaban J connectivity index is 1.89. The van der Waals surface area contributed by atoms with Gasteiger partial charge in [-0.3, -0.25) is 9.78 Å². The fourth-order valence-electron chi connectivity index (χ4n) is 2.51. The number of nitrogens with one attached hydrogen (secondary N) is 1. The molecule has 0 saturated heterocycles. The number of pyridine rings is 2. The van der Waals surface area contributed by atoms with E-state index in [4.69, 9.17) is 11.6 Å². The lowest BCUT2D eigenvalue weighted by atomic mass is 9.98. The summed E-state index contributed by atoms with van der Waals surface area (Å²) < 4.78 is 38.3. The smallest absolute Gasteiger partial charge is 0.322 e. The van der Waals surface area contributed by atoms with Gasteiger partial charge < -0.3 is 5.32 Å². The molecule has 1 amide bonds. The predicted octanol–water partition coefficient (Wildman–Crippen LogP) is 5.38. The zero-order valence-corrected chi connectivity index (χ0v) is 14.8. The lowest BCUT2D eigenvalue weighted by Crippen LogP contribution is -2.14. The highest BCUT2D eigenvalue weighted by molar-refractivity contribution is 6.29. The molecule has 1 N–H and O–H groups in total. The van der Waals surface area contributed by atoms with E-state index in [1.165, 1.54) is 6.07 Å². The van der Waals surface area contributed by atoms with E-state index < -0.39 is 17.8 Å². The number of hydrogen-bond donors (Lipinski definition) is 1. The molecule has 0 atom stereocenters. The first-order valence-electron chi connectivity index (χ1n) is 7.81. The van der Waals surface area contributed by atoms with Crippen LogP contribution in [0.15, 0.2) is 54.9 Å². The third-order valence-electron chi connectivity index (χ3n) is 3.85. The first-order valence-corrected chi connectivity index (χ1v) is 8.19. The highest BCUT2D eigenvalue weighted by Gasteiger charge is 2.32. The number of amides is 1. The predicted molar refractivity (Wildman–Crippen MR) is 96.6 cm³/mol. The number of benzene rings is 1. The van der Waals surface area contributed by atoms with Gasteiger partial charge in [-0.25, -0.2) is 4.98 Å². The van der Waals surface area contributed by atoms with Gasteiger partial charge in [0.1, 0.15) is 10.8 Å². The number of carbonyl (C=O) groups excluding carboxylic acids is 1. The third kappa shape index (κ3) is 4.43. The van der Waals surface area contributed by atoms with Gasteiger partial charge >= 0.3 is 6.18 Å². The van der Waals surface area contributed by atoms with Gasteiger partial charge in [0, 0.05) is 23.6 Å². The van der Waals surface area contributed by atoms with Crippen molar-refractivity contribution in [3.63, 3.8) is 0 Å². The molecule has 0 spiro atoms. The van der Waals surface area contributed by atoms with Crippen LogP contribution in [0.1, 0.15) is 21.6 Å². The number of carbonyl (C=O) groups is 1. The first kappa shape index (κ1) is 18.8. The van der Waals surface area contributed by atoms with Crippen molar-refractivity contribution in [3.8, 4) is 11.1 Å². The number of alkyl halides is 3. The molecule has 0 saturated carbocycles. The van der Waals surface area contributed by atoms with Crippen LogP contribution in [0.4, 0.5) is 18.9 Å². The van der Waals surface area contributed by atoms with Crippen LogP contribution in [0.25, 0.3) is 11.1 Å². The van der Waals surface area contributed by atoms with Gasteiger partial charge in [0.15, 0.2) is 0 Å². The Morgan fingerprint density at radius 2 is 1.78 bits per heavy atom.